The molecule has 1 aliphatic heterocycles. The molecule has 100 valence electrons. The zero-order valence-electron chi connectivity index (χ0n) is 10.9. The van der Waals surface area contributed by atoms with Crippen LogP contribution in [0.2, 0.25) is 0 Å². The molecule has 1 atom stereocenters. The summed E-state index contributed by atoms with van der Waals surface area (Å²) in [6.45, 7) is 5.41. The van der Waals surface area contributed by atoms with Crippen LogP contribution in [0, 0.1) is 5.41 Å². The van der Waals surface area contributed by atoms with Gasteiger partial charge in [-0.25, -0.2) is 0 Å². The second kappa shape index (κ2) is 5.31. The Labute approximate surface area is 113 Å². The third-order valence-corrected chi connectivity index (χ3v) is 4.25. The van der Waals surface area contributed by atoms with E-state index < -0.39 is 5.41 Å². The van der Waals surface area contributed by atoms with Gasteiger partial charge >= 0.3 is 0 Å². The van der Waals surface area contributed by atoms with Crippen LogP contribution < -0.4 is 0 Å². The lowest BCUT2D eigenvalue weighted by molar-refractivity contribution is -0.140. The highest BCUT2D eigenvalue weighted by molar-refractivity contribution is 6.19. The molecule has 5 heteroatoms. The Kier molecular flexibility index (Phi) is 3.95. The summed E-state index contributed by atoms with van der Waals surface area (Å²) in [6.07, 6.45) is 3.90. The lowest BCUT2D eigenvalue weighted by Crippen LogP contribution is -2.46. The molecule has 1 saturated heterocycles. The molecule has 1 N–H and O–H groups in total. The van der Waals surface area contributed by atoms with Crippen molar-refractivity contribution in [3.8, 4) is 0 Å². The molecule has 1 aliphatic rings. The lowest BCUT2D eigenvalue weighted by Gasteiger charge is -2.36. The quantitative estimate of drug-likeness (QED) is 0.857. The predicted octanol–water partition coefficient (Wildman–Crippen LogP) is 2.38. The van der Waals surface area contributed by atoms with Gasteiger partial charge in [0, 0.05) is 36.8 Å². The lowest BCUT2D eigenvalue weighted by atomic mass is 9.90. The van der Waals surface area contributed by atoms with Crippen LogP contribution in [-0.4, -0.2) is 40.0 Å². The van der Waals surface area contributed by atoms with Crippen molar-refractivity contribution in [3.63, 3.8) is 0 Å². The minimum Gasteiger partial charge on any atom is -0.342 e. The molecule has 2 heterocycles. The molecule has 1 aromatic heterocycles. The Bertz CT molecular complexity index is 402. The highest BCUT2D eigenvalue weighted by Gasteiger charge is 2.34. The number of H-pyrrole nitrogens is 1. The van der Waals surface area contributed by atoms with E-state index in [0.717, 1.165) is 31.6 Å². The monoisotopic (exact) mass is 269 g/mol. The molecule has 0 bridgehead atoms. The molecular weight excluding hydrogens is 250 g/mol. The molecule has 0 saturated carbocycles. The van der Waals surface area contributed by atoms with Crippen LogP contribution in [0.5, 0.6) is 0 Å². The molecule has 0 aliphatic carbocycles. The fourth-order valence-electron chi connectivity index (χ4n) is 2.39. The first-order valence-corrected chi connectivity index (χ1v) is 6.92. The van der Waals surface area contributed by atoms with E-state index >= 15 is 0 Å². The van der Waals surface area contributed by atoms with E-state index in [9.17, 15) is 4.79 Å². The van der Waals surface area contributed by atoms with Crippen LogP contribution in [0.3, 0.4) is 0 Å². The number of rotatable bonds is 3. The average molecular weight is 270 g/mol. The second-order valence-corrected chi connectivity index (χ2v) is 5.89. The number of nitrogens with zero attached hydrogens (tertiary/aromatic N) is 2. The molecule has 1 fully saturated rings. The third kappa shape index (κ3) is 2.69. The number of likely N-dealkylation sites (tertiary alicyclic amines) is 1. The van der Waals surface area contributed by atoms with E-state index in [1.807, 2.05) is 24.8 Å². The number of nitrogens with one attached hydrogen (secondary N) is 1. The first-order chi connectivity index (χ1) is 8.54. The fraction of sp³-hybridized carbons (Fsp3) is 0.692. The van der Waals surface area contributed by atoms with Crippen LogP contribution in [0.1, 0.15) is 38.3 Å². The van der Waals surface area contributed by atoms with Crippen molar-refractivity contribution < 1.29 is 4.79 Å². The molecule has 18 heavy (non-hydrogen) atoms. The number of carbonyl (C=O) groups excluding carboxylic acids is 1. The highest BCUT2D eigenvalue weighted by Crippen LogP contribution is 2.29. The molecule has 1 aromatic rings. The standard InChI is InChI=1S/C13H20ClN3O/c1-13(2,9-14)12(18)17-7-3-4-10(8-17)11-5-6-15-16-11/h5-6,10H,3-4,7-9H2,1-2H3,(H,15,16). The van der Waals surface area contributed by atoms with Gasteiger partial charge in [0.05, 0.1) is 5.41 Å². The van der Waals surface area contributed by atoms with Crippen LogP contribution in [0.4, 0.5) is 0 Å². The minimum atomic E-state index is -0.475. The van der Waals surface area contributed by atoms with E-state index in [4.69, 9.17) is 11.6 Å². The van der Waals surface area contributed by atoms with Crippen LogP contribution in [0.25, 0.3) is 0 Å². The van der Waals surface area contributed by atoms with Crippen molar-refractivity contribution in [2.75, 3.05) is 19.0 Å². The van der Waals surface area contributed by atoms with E-state index in [-0.39, 0.29) is 5.91 Å². The van der Waals surface area contributed by atoms with Crippen LogP contribution in [0.15, 0.2) is 12.3 Å². The summed E-state index contributed by atoms with van der Waals surface area (Å²) in [7, 11) is 0. The Morgan fingerprint density at radius 2 is 2.44 bits per heavy atom. The maximum Gasteiger partial charge on any atom is 0.229 e. The summed E-state index contributed by atoms with van der Waals surface area (Å²) in [5.74, 6) is 0.884. The molecule has 0 spiro atoms. The van der Waals surface area contributed by atoms with Gasteiger partial charge in [-0.05, 0) is 32.8 Å². The van der Waals surface area contributed by atoms with Gasteiger partial charge in [-0.1, -0.05) is 0 Å². The van der Waals surface area contributed by atoms with Crippen molar-refractivity contribution in [3.05, 3.63) is 18.0 Å². The first kappa shape index (κ1) is 13.4. The van der Waals surface area contributed by atoms with Gasteiger partial charge in [-0.2, -0.15) is 5.10 Å². The molecule has 1 unspecified atom stereocenters. The van der Waals surface area contributed by atoms with Crippen LogP contribution in [-0.2, 0) is 4.79 Å². The number of piperidine rings is 1. The summed E-state index contributed by atoms with van der Waals surface area (Å²) in [6, 6.07) is 1.99. The summed E-state index contributed by atoms with van der Waals surface area (Å²) >= 11 is 5.88. The van der Waals surface area contributed by atoms with Gasteiger partial charge in [-0.3, -0.25) is 9.89 Å². The smallest absolute Gasteiger partial charge is 0.229 e. The number of aromatic amines is 1. The Hall–Kier alpha value is -1.03. The zero-order valence-corrected chi connectivity index (χ0v) is 11.7. The largest absolute Gasteiger partial charge is 0.342 e. The van der Waals surface area contributed by atoms with E-state index in [0.29, 0.717) is 11.8 Å². The van der Waals surface area contributed by atoms with Gasteiger partial charge in [0.1, 0.15) is 0 Å². The van der Waals surface area contributed by atoms with E-state index in [2.05, 4.69) is 10.2 Å². The Balaban J connectivity index is 2.05. The number of halogens is 1. The third-order valence-electron chi connectivity index (χ3n) is 3.58. The van der Waals surface area contributed by atoms with Gasteiger partial charge in [-0.15, -0.1) is 11.6 Å². The topological polar surface area (TPSA) is 49.0 Å². The van der Waals surface area contributed by atoms with E-state index in [1.165, 1.54) is 0 Å². The zero-order chi connectivity index (χ0) is 13.2. The molecule has 1 amide bonds. The molecule has 0 radical (unpaired) electrons. The van der Waals surface area contributed by atoms with Crippen molar-refractivity contribution in [2.45, 2.75) is 32.6 Å². The van der Waals surface area contributed by atoms with Crippen LogP contribution >= 0.6 is 11.6 Å². The summed E-state index contributed by atoms with van der Waals surface area (Å²) in [4.78, 5) is 14.3. The summed E-state index contributed by atoms with van der Waals surface area (Å²) in [5.41, 5.74) is 0.647. The fourth-order valence-corrected chi connectivity index (χ4v) is 2.51. The van der Waals surface area contributed by atoms with Crippen molar-refractivity contribution in [1.29, 1.82) is 0 Å². The van der Waals surface area contributed by atoms with E-state index in [1.54, 1.807) is 6.20 Å². The first-order valence-electron chi connectivity index (χ1n) is 6.39. The number of carbonyl (C=O) groups is 1. The normalized spacial score (nSPS) is 21.1. The van der Waals surface area contributed by atoms with Gasteiger partial charge < -0.3 is 4.90 Å². The van der Waals surface area contributed by atoms with Gasteiger partial charge in [0.25, 0.3) is 0 Å². The molecule has 2 rings (SSSR count). The predicted molar refractivity (Wildman–Crippen MR) is 71.6 cm³/mol. The van der Waals surface area contributed by atoms with Crippen molar-refractivity contribution in [1.82, 2.24) is 15.1 Å². The molecule has 0 aromatic carbocycles. The number of alkyl halides is 1. The summed E-state index contributed by atoms with van der Waals surface area (Å²) in [5, 5.41) is 6.99. The Morgan fingerprint density at radius 1 is 1.67 bits per heavy atom. The van der Waals surface area contributed by atoms with Crippen molar-refractivity contribution in [2.24, 2.45) is 5.41 Å². The maximum absolute atomic E-state index is 12.4. The average Bonchev–Trinajstić information content (AvgIpc) is 2.92. The second-order valence-electron chi connectivity index (χ2n) is 5.62. The minimum absolute atomic E-state index is 0.154. The summed E-state index contributed by atoms with van der Waals surface area (Å²) < 4.78 is 0. The van der Waals surface area contributed by atoms with Gasteiger partial charge in [0.2, 0.25) is 5.91 Å². The number of hydrogen-bond acceptors (Lipinski definition) is 2. The SMILES string of the molecule is CC(C)(CCl)C(=O)N1CCCC(c2ccn[nH]2)C1. The van der Waals surface area contributed by atoms with Gasteiger partial charge in [0.15, 0.2) is 0 Å². The number of aromatic nitrogens is 2. The highest BCUT2D eigenvalue weighted by atomic mass is 35.5. The maximum atomic E-state index is 12.4. The molecular formula is C13H20ClN3O. The van der Waals surface area contributed by atoms with Crippen molar-refractivity contribution >= 4 is 17.5 Å². The number of amides is 1. The Morgan fingerprint density at radius 3 is 3.06 bits per heavy atom. The number of hydrogen-bond donors (Lipinski definition) is 1. The molecule has 4 nitrogen and oxygen atoms in total.